The minimum absolute atomic E-state index is 0.0226. The van der Waals surface area contributed by atoms with E-state index in [1.807, 2.05) is 18.2 Å². The van der Waals surface area contributed by atoms with E-state index in [-0.39, 0.29) is 23.8 Å². The average Bonchev–Trinajstić information content (AvgIpc) is 3.03. The number of amides is 1. The van der Waals surface area contributed by atoms with Crippen LogP contribution in [0.3, 0.4) is 0 Å². The molecule has 0 aliphatic rings. The molecule has 0 radical (unpaired) electrons. The van der Waals surface area contributed by atoms with Crippen LogP contribution >= 0.6 is 0 Å². The fourth-order valence-corrected chi connectivity index (χ4v) is 1.93. The number of ether oxygens (including phenoxy) is 1. The molecule has 2 aromatic heterocycles. The van der Waals surface area contributed by atoms with Gasteiger partial charge in [0.2, 0.25) is 0 Å². The summed E-state index contributed by atoms with van der Waals surface area (Å²) in [7, 11) is 0. The third-order valence-electron chi connectivity index (χ3n) is 3.00. The van der Waals surface area contributed by atoms with E-state index in [0.29, 0.717) is 0 Å². The largest absolute Gasteiger partial charge is 0.478 e. The zero-order chi connectivity index (χ0) is 16.2. The molecule has 2 heterocycles. The van der Waals surface area contributed by atoms with Gasteiger partial charge in [-0.05, 0) is 5.56 Å². The number of carboxylic acids is 1. The van der Waals surface area contributed by atoms with E-state index in [1.165, 1.54) is 10.7 Å². The Balaban J connectivity index is 1.80. The molecule has 2 N–H and O–H groups in total. The number of aromatic nitrogens is 4. The lowest BCUT2D eigenvalue weighted by molar-refractivity contribution is 0.0697. The highest BCUT2D eigenvalue weighted by Gasteiger charge is 2.18. The molecule has 3 rings (SSSR count). The Morgan fingerprint density at radius 2 is 2.04 bits per heavy atom. The van der Waals surface area contributed by atoms with Gasteiger partial charge in [0.15, 0.2) is 0 Å². The number of carboxylic acid groups (broad SMARTS) is 1. The predicted molar refractivity (Wildman–Crippen MR) is 78.0 cm³/mol. The molecular formula is C14H11N5O4. The molecule has 1 aromatic carbocycles. The standard InChI is InChI=1S/C14H11N5O4/c20-12(21)10-6-15-13-18-16-8-19(13)11(10)17-14(22)23-7-9-4-2-1-3-5-9/h1-6,8H,7H2,(H,17,22)(H,20,21). The molecule has 0 fully saturated rings. The second kappa shape index (κ2) is 6.10. The van der Waals surface area contributed by atoms with E-state index < -0.39 is 12.1 Å². The van der Waals surface area contributed by atoms with E-state index in [2.05, 4.69) is 20.5 Å². The Hall–Kier alpha value is -3.49. The Morgan fingerprint density at radius 1 is 1.26 bits per heavy atom. The number of hydrogen-bond donors (Lipinski definition) is 2. The van der Waals surface area contributed by atoms with Crippen LogP contribution in [-0.2, 0) is 11.3 Å². The normalized spacial score (nSPS) is 10.4. The molecule has 0 saturated carbocycles. The van der Waals surface area contributed by atoms with Gasteiger partial charge < -0.3 is 9.84 Å². The lowest BCUT2D eigenvalue weighted by atomic mass is 10.2. The van der Waals surface area contributed by atoms with Crippen LogP contribution in [0.5, 0.6) is 0 Å². The van der Waals surface area contributed by atoms with Crippen molar-refractivity contribution >= 4 is 23.7 Å². The lowest BCUT2D eigenvalue weighted by Crippen LogP contribution is -2.19. The first-order valence-corrected chi connectivity index (χ1v) is 6.55. The zero-order valence-corrected chi connectivity index (χ0v) is 11.7. The van der Waals surface area contributed by atoms with Crippen LogP contribution in [0.1, 0.15) is 15.9 Å². The molecule has 0 bridgehead atoms. The van der Waals surface area contributed by atoms with Crippen molar-refractivity contribution in [3.05, 3.63) is 54.0 Å². The molecule has 0 atom stereocenters. The maximum Gasteiger partial charge on any atom is 0.413 e. The minimum Gasteiger partial charge on any atom is -0.478 e. The molecular weight excluding hydrogens is 302 g/mol. The summed E-state index contributed by atoms with van der Waals surface area (Å²) >= 11 is 0. The second-order valence-electron chi connectivity index (χ2n) is 4.51. The van der Waals surface area contributed by atoms with E-state index in [0.717, 1.165) is 11.8 Å². The van der Waals surface area contributed by atoms with Crippen molar-refractivity contribution in [3.8, 4) is 0 Å². The summed E-state index contributed by atoms with van der Waals surface area (Å²) in [5.74, 6) is -1.11. The summed E-state index contributed by atoms with van der Waals surface area (Å²) in [4.78, 5) is 27.0. The van der Waals surface area contributed by atoms with Crippen LogP contribution in [0.4, 0.5) is 10.6 Å². The molecule has 0 aliphatic heterocycles. The number of fused-ring (bicyclic) bond motifs is 1. The highest BCUT2D eigenvalue weighted by Crippen LogP contribution is 2.16. The van der Waals surface area contributed by atoms with Crippen molar-refractivity contribution in [2.24, 2.45) is 0 Å². The van der Waals surface area contributed by atoms with Crippen LogP contribution in [0.25, 0.3) is 5.78 Å². The molecule has 0 spiro atoms. The maximum absolute atomic E-state index is 11.9. The molecule has 9 heteroatoms. The highest BCUT2D eigenvalue weighted by atomic mass is 16.5. The number of hydrogen-bond acceptors (Lipinski definition) is 6. The number of benzene rings is 1. The number of carbonyl (C=O) groups is 2. The second-order valence-corrected chi connectivity index (χ2v) is 4.51. The number of carbonyl (C=O) groups excluding carboxylic acids is 1. The zero-order valence-electron chi connectivity index (χ0n) is 11.7. The number of nitrogens with one attached hydrogen (secondary N) is 1. The molecule has 23 heavy (non-hydrogen) atoms. The smallest absolute Gasteiger partial charge is 0.413 e. The Bertz CT molecular complexity index is 862. The molecule has 0 saturated heterocycles. The Kier molecular flexibility index (Phi) is 3.83. The summed E-state index contributed by atoms with van der Waals surface area (Å²) < 4.78 is 6.33. The Morgan fingerprint density at radius 3 is 2.78 bits per heavy atom. The van der Waals surface area contributed by atoms with Crippen LogP contribution in [-0.4, -0.2) is 36.8 Å². The number of rotatable bonds is 4. The van der Waals surface area contributed by atoms with Crippen molar-refractivity contribution in [3.63, 3.8) is 0 Å². The Labute approximate surface area is 129 Å². The minimum atomic E-state index is -1.24. The van der Waals surface area contributed by atoms with Gasteiger partial charge >= 0.3 is 12.1 Å². The van der Waals surface area contributed by atoms with Gasteiger partial charge in [-0.1, -0.05) is 30.3 Å². The molecule has 0 aliphatic carbocycles. The first kappa shape index (κ1) is 14.4. The topological polar surface area (TPSA) is 119 Å². The van der Waals surface area contributed by atoms with Gasteiger partial charge in [0.25, 0.3) is 5.78 Å². The molecule has 116 valence electrons. The van der Waals surface area contributed by atoms with Gasteiger partial charge in [-0.15, -0.1) is 10.2 Å². The van der Waals surface area contributed by atoms with Gasteiger partial charge in [0.05, 0.1) is 0 Å². The van der Waals surface area contributed by atoms with Crippen LogP contribution in [0.15, 0.2) is 42.9 Å². The quantitative estimate of drug-likeness (QED) is 0.750. The SMILES string of the molecule is O=C(Nc1c(C(=O)O)cnc2nncn12)OCc1ccccc1. The summed E-state index contributed by atoms with van der Waals surface area (Å²) in [5, 5.41) is 18.9. The summed E-state index contributed by atoms with van der Waals surface area (Å²) in [5.41, 5.74) is 0.610. The summed E-state index contributed by atoms with van der Waals surface area (Å²) in [6.07, 6.45) is 1.55. The van der Waals surface area contributed by atoms with Crippen LogP contribution < -0.4 is 5.32 Å². The molecule has 0 unspecified atom stereocenters. The van der Waals surface area contributed by atoms with Crippen molar-refractivity contribution in [2.45, 2.75) is 6.61 Å². The van der Waals surface area contributed by atoms with Gasteiger partial charge in [-0.25, -0.2) is 14.6 Å². The third-order valence-corrected chi connectivity index (χ3v) is 3.00. The monoisotopic (exact) mass is 313 g/mol. The fraction of sp³-hybridized carbons (Fsp3) is 0.0714. The molecule has 3 aromatic rings. The number of anilines is 1. The molecule has 9 nitrogen and oxygen atoms in total. The van der Waals surface area contributed by atoms with Crippen LogP contribution in [0.2, 0.25) is 0 Å². The van der Waals surface area contributed by atoms with Crippen molar-refractivity contribution in [1.82, 2.24) is 19.6 Å². The maximum atomic E-state index is 11.9. The summed E-state index contributed by atoms with van der Waals surface area (Å²) in [6, 6.07) is 9.11. The number of nitrogens with zero attached hydrogens (tertiary/aromatic N) is 4. The first-order chi connectivity index (χ1) is 11.1. The molecule has 1 amide bonds. The van der Waals surface area contributed by atoms with E-state index in [4.69, 9.17) is 4.74 Å². The van der Waals surface area contributed by atoms with Crippen molar-refractivity contribution < 1.29 is 19.4 Å². The third kappa shape index (κ3) is 3.07. The summed E-state index contributed by atoms with van der Waals surface area (Å²) in [6.45, 7) is 0.0610. The highest BCUT2D eigenvalue weighted by molar-refractivity contribution is 5.97. The van der Waals surface area contributed by atoms with Gasteiger partial charge in [0, 0.05) is 6.20 Å². The van der Waals surface area contributed by atoms with Gasteiger partial charge in [0.1, 0.15) is 24.3 Å². The predicted octanol–water partition coefficient (Wildman–Crippen LogP) is 1.57. The lowest BCUT2D eigenvalue weighted by Gasteiger charge is -2.10. The van der Waals surface area contributed by atoms with Crippen molar-refractivity contribution in [1.29, 1.82) is 0 Å². The fourth-order valence-electron chi connectivity index (χ4n) is 1.93. The van der Waals surface area contributed by atoms with E-state index >= 15 is 0 Å². The number of aromatic carboxylic acids is 1. The average molecular weight is 313 g/mol. The van der Waals surface area contributed by atoms with Crippen molar-refractivity contribution in [2.75, 3.05) is 5.32 Å². The van der Waals surface area contributed by atoms with Gasteiger partial charge in [-0.3, -0.25) is 9.72 Å². The van der Waals surface area contributed by atoms with Crippen LogP contribution in [0, 0.1) is 0 Å². The first-order valence-electron chi connectivity index (χ1n) is 6.55. The van der Waals surface area contributed by atoms with Gasteiger partial charge in [-0.2, -0.15) is 0 Å². The van der Waals surface area contributed by atoms with E-state index in [1.54, 1.807) is 12.1 Å². The van der Waals surface area contributed by atoms with E-state index in [9.17, 15) is 14.7 Å².